The van der Waals surface area contributed by atoms with E-state index in [0.29, 0.717) is 4.67 Å². The van der Waals surface area contributed by atoms with Crippen molar-refractivity contribution >= 4 is 25.8 Å². The van der Waals surface area contributed by atoms with Crippen molar-refractivity contribution in [1.29, 1.82) is 0 Å². The third-order valence-electron chi connectivity index (χ3n) is 3.47. The molecule has 1 heterocycles. The van der Waals surface area contributed by atoms with Gasteiger partial charge in [-0.15, -0.1) is 0 Å². The molecular weight excluding hydrogens is 383 g/mol. The largest absolute Gasteiger partial charge is 0.456 e. The van der Waals surface area contributed by atoms with E-state index < -0.39 is 9.84 Å². The summed E-state index contributed by atoms with van der Waals surface area (Å²) in [4.78, 5) is 0.257. The number of furan rings is 1. The lowest BCUT2D eigenvalue weighted by atomic mass is 9.99. The second-order valence-corrected chi connectivity index (χ2v) is 7.84. The van der Waals surface area contributed by atoms with Crippen molar-refractivity contribution in [2.75, 3.05) is 6.26 Å². The Labute approximate surface area is 141 Å². The smallest absolute Gasteiger partial charge is 0.177 e. The van der Waals surface area contributed by atoms with E-state index in [2.05, 4.69) is 15.9 Å². The topological polar surface area (TPSA) is 47.3 Å². The zero-order valence-corrected chi connectivity index (χ0v) is 14.5. The summed E-state index contributed by atoms with van der Waals surface area (Å²) in [6.45, 7) is 0. The van der Waals surface area contributed by atoms with Gasteiger partial charge in [-0.3, -0.25) is 0 Å². The predicted molar refractivity (Wildman–Crippen MR) is 90.3 cm³/mol. The van der Waals surface area contributed by atoms with Gasteiger partial charge in [-0.2, -0.15) is 0 Å². The maximum Gasteiger partial charge on any atom is 0.177 e. The number of hydrogen-bond donors (Lipinski definition) is 0. The van der Waals surface area contributed by atoms with Crippen molar-refractivity contribution < 1.29 is 17.2 Å². The van der Waals surface area contributed by atoms with Gasteiger partial charge in [0.25, 0.3) is 0 Å². The van der Waals surface area contributed by atoms with E-state index >= 15 is 0 Å². The second-order valence-electron chi connectivity index (χ2n) is 5.10. The van der Waals surface area contributed by atoms with E-state index in [0.717, 1.165) is 22.3 Å². The van der Waals surface area contributed by atoms with E-state index in [-0.39, 0.29) is 10.7 Å². The van der Waals surface area contributed by atoms with Crippen LogP contribution < -0.4 is 0 Å². The summed E-state index contributed by atoms with van der Waals surface area (Å²) in [5, 5.41) is 0. The van der Waals surface area contributed by atoms with Gasteiger partial charge >= 0.3 is 0 Å². The van der Waals surface area contributed by atoms with Crippen molar-refractivity contribution in [2.45, 2.75) is 4.90 Å². The molecule has 0 atom stereocenters. The highest BCUT2D eigenvalue weighted by atomic mass is 79.9. The number of halogens is 2. The molecule has 0 N–H and O–H groups in total. The lowest BCUT2D eigenvalue weighted by Crippen LogP contribution is -1.96. The molecule has 0 unspecified atom stereocenters. The van der Waals surface area contributed by atoms with Crippen LogP contribution in [0.3, 0.4) is 0 Å². The van der Waals surface area contributed by atoms with Crippen LogP contribution in [0.15, 0.2) is 68.8 Å². The Morgan fingerprint density at radius 3 is 2.09 bits per heavy atom. The molecule has 0 fully saturated rings. The van der Waals surface area contributed by atoms with Crippen molar-refractivity contribution in [3.8, 4) is 22.3 Å². The highest BCUT2D eigenvalue weighted by Crippen LogP contribution is 2.39. The molecule has 6 heteroatoms. The van der Waals surface area contributed by atoms with Gasteiger partial charge in [0.2, 0.25) is 0 Å². The van der Waals surface area contributed by atoms with Crippen molar-refractivity contribution in [3.05, 3.63) is 65.3 Å². The summed E-state index contributed by atoms with van der Waals surface area (Å²) < 4.78 is 42.2. The lowest BCUT2D eigenvalue weighted by Gasteiger charge is -2.05. The SMILES string of the molecule is CS(=O)(=O)c1ccc(-c2coc(Br)c2-c2ccc(F)cc2)cc1. The van der Waals surface area contributed by atoms with Crippen LogP contribution in [0.2, 0.25) is 0 Å². The molecule has 3 nitrogen and oxygen atoms in total. The Morgan fingerprint density at radius 2 is 1.52 bits per heavy atom. The van der Waals surface area contributed by atoms with Crippen LogP contribution >= 0.6 is 15.9 Å². The fourth-order valence-electron chi connectivity index (χ4n) is 2.31. The number of rotatable bonds is 3. The van der Waals surface area contributed by atoms with Gasteiger partial charge in [-0.05, 0) is 51.3 Å². The second kappa shape index (κ2) is 5.94. The fourth-order valence-corrected chi connectivity index (χ4v) is 3.48. The first kappa shape index (κ1) is 16.0. The minimum atomic E-state index is -3.24. The van der Waals surface area contributed by atoms with Gasteiger partial charge < -0.3 is 4.42 Å². The van der Waals surface area contributed by atoms with Crippen LogP contribution in [-0.4, -0.2) is 14.7 Å². The Bertz CT molecular complexity index is 943. The normalized spacial score (nSPS) is 11.6. The quantitative estimate of drug-likeness (QED) is 0.633. The molecule has 118 valence electrons. The molecule has 0 aliphatic heterocycles. The first-order valence-corrected chi connectivity index (χ1v) is 9.38. The average molecular weight is 395 g/mol. The number of hydrogen-bond acceptors (Lipinski definition) is 3. The molecule has 0 aliphatic carbocycles. The van der Waals surface area contributed by atoms with E-state index in [4.69, 9.17) is 4.42 Å². The zero-order chi connectivity index (χ0) is 16.6. The van der Waals surface area contributed by atoms with Gasteiger partial charge in [0.1, 0.15) is 12.1 Å². The zero-order valence-electron chi connectivity index (χ0n) is 12.1. The van der Waals surface area contributed by atoms with Gasteiger partial charge in [0, 0.05) is 17.4 Å². The van der Waals surface area contributed by atoms with Crippen LogP contribution in [0.5, 0.6) is 0 Å². The Balaban J connectivity index is 2.10. The molecule has 0 radical (unpaired) electrons. The summed E-state index contributed by atoms with van der Waals surface area (Å²) in [5.41, 5.74) is 3.20. The Hall–Kier alpha value is -1.92. The van der Waals surface area contributed by atoms with Crippen LogP contribution in [0.1, 0.15) is 0 Å². The molecule has 3 rings (SSSR count). The van der Waals surface area contributed by atoms with Gasteiger partial charge in [0.15, 0.2) is 14.5 Å². The minimum Gasteiger partial charge on any atom is -0.456 e. The highest BCUT2D eigenvalue weighted by Gasteiger charge is 2.16. The molecule has 0 saturated carbocycles. The van der Waals surface area contributed by atoms with Crippen LogP contribution in [0, 0.1) is 5.82 Å². The van der Waals surface area contributed by atoms with E-state index in [1.807, 2.05) is 0 Å². The molecule has 1 aromatic heterocycles. The first-order chi connectivity index (χ1) is 10.9. The van der Waals surface area contributed by atoms with E-state index in [9.17, 15) is 12.8 Å². The maximum atomic E-state index is 13.1. The molecule has 0 spiro atoms. The van der Waals surface area contributed by atoms with Gasteiger partial charge in [-0.25, -0.2) is 12.8 Å². The summed E-state index contributed by atoms with van der Waals surface area (Å²) in [6.07, 6.45) is 2.75. The first-order valence-electron chi connectivity index (χ1n) is 6.69. The molecule has 0 aliphatic rings. The Kier molecular flexibility index (Phi) is 4.12. The molecular formula is C17H12BrFO3S. The number of sulfone groups is 1. The molecule has 2 aromatic carbocycles. The molecule has 0 amide bonds. The summed E-state index contributed by atoms with van der Waals surface area (Å²) >= 11 is 3.36. The molecule has 3 aromatic rings. The Morgan fingerprint density at radius 1 is 0.957 bits per heavy atom. The maximum absolute atomic E-state index is 13.1. The predicted octanol–water partition coefficient (Wildman–Crippen LogP) is 4.92. The van der Waals surface area contributed by atoms with Crippen molar-refractivity contribution in [3.63, 3.8) is 0 Å². The van der Waals surface area contributed by atoms with Gasteiger partial charge in [-0.1, -0.05) is 24.3 Å². The fraction of sp³-hybridized carbons (Fsp3) is 0.0588. The van der Waals surface area contributed by atoms with E-state index in [1.54, 1.807) is 42.7 Å². The minimum absolute atomic E-state index is 0.257. The monoisotopic (exact) mass is 394 g/mol. The number of benzene rings is 2. The molecule has 0 bridgehead atoms. The lowest BCUT2D eigenvalue weighted by molar-refractivity contribution is 0.543. The highest BCUT2D eigenvalue weighted by molar-refractivity contribution is 9.10. The molecule has 23 heavy (non-hydrogen) atoms. The summed E-state index contributed by atoms with van der Waals surface area (Å²) in [5.74, 6) is -0.313. The summed E-state index contributed by atoms with van der Waals surface area (Å²) in [7, 11) is -3.24. The third-order valence-corrected chi connectivity index (χ3v) is 5.18. The van der Waals surface area contributed by atoms with Gasteiger partial charge in [0.05, 0.1) is 4.90 Å². The third kappa shape index (κ3) is 3.23. The van der Waals surface area contributed by atoms with E-state index in [1.165, 1.54) is 18.4 Å². The molecule has 0 saturated heterocycles. The van der Waals surface area contributed by atoms with Crippen LogP contribution in [0.4, 0.5) is 4.39 Å². The van der Waals surface area contributed by atoms with Crippen LogP contribution in [-0.2, 0) is 9.84 Å². The van der Waals surface area contributed by atoms with Crippen LogP contribution in [0.25, 0.3) is 22.3 Å². The van der Waals surface area contributed by atoms with Crippen molar-refractivity contribution in [2.24, 2.45) is 0 Å². The summed E-state index contributed by atoms with van der Waals surface area (Å²) in [6, 6.07) is 12.6. The standard InChI is InChI=1S/C17H12BrFO3S/c1-23(20,21)14-8-4-11(5-9-14)15-10-22-17(18)16(15)12-2-6-13(19)7-3-12/h2-10H,1H3. The average Bonchev–Trinajstić information content (AvgIpc) is 2.89. The van der Waals surface area contributed by atoms with Crippen molar-refractivity contribution in [1.82, 2.24) is 0 Å².